The number of Topliss-reactive ketones (excluding diaryl/α,β-unsaturated/α-hetero) is 1. The van der Waals surface area contributed by atoms with Gasteiger partial charge in [0.1, 0.15) is 0 Å². The van der Waals surface area contributed by atoms with E-state index < -0.39 is 0 Å². The largest absolute Gasteiger partial charge is 0.293 e. The van der Waals surface area contributed by atoms with Crippen LogP contribution in [0.1, 0.15) is 41.7 Å². The fourth-order valence-electron chi connectivity index (χ4n) is 1.62. The lowest BCUT2D eigenvalue weighted by Crippen LogP contribution is -2.07. The van der Waals surface area contributed by atoms with Crippen LogP contribution in [0.5, 0.6) is 0 Å². The van der Waals surface area contributed by atoms with Crippen molar-refractivity contribution in [3.63, 3.8) is 0 Å². The standard InChI is InChI=1S/C13H15BrN2OS/c1-3-9(2)16-5-4-11(15-16)7-12(17)13-6-10(14)8-18-13/h4-6,8-9H,3,7H2,1-2H3. The highest BCUT2D eigenvalue weighted by atomic mass is 79.9. The van der Waals surface area contributed by atoms with Gasteiger partial charge in [-0.3, -0.25) is 9.48 Å². The van der Waals surface area contributed by atoms with E-state index >= 15 is 0 Å². The summed E-state index contributed by atoms with van der Waals surface area (Å²) in [6.07, 6.45) is 3.35. The lowest BCUT2D eigenvalue weighted by molar-refractivity contribution is 0.0995. The molecule has 0 aromatic carbocycles. The summed E-state index contributed by atoms with van der Waals surface area (Å²) >= 11 is 4.82. The van der Waals surface area contributed by atoms with Gasteiger partial charge in [-0.15, -0.1) is 11.3 Å². The molecule has 0 saturated carbocycles. The van der Waals surface area contributed by atoms with Crippen LogP contribution in [0.15, 0.2) is 28.2 Å². The number of nitrogens with zero attached hydrogens (tertiary/aromatic N) is 2. The first kappa shape index (κ1) is 13.5. The normalized spacial score (nSPS) is 12.6. The van der Waals surface area contributed by atoms with Crippen LogP contribution in [0, 0.1) is 0 Å². The summed E-state index contributed by atoms with van der Waals surface area (Å²) in [4.78, 5) is 12.8. The highest BCUT2D eigenvalue weighted by Crippen LogP contribution is 2.21. The molecule has 0 aliphatic heterocycles. The van der Waals surface area contributed by atoms with Gasteiger partial charge in [-0.05, 0) is 41.4 Å². The van der Waals surface area contributed by atoms with Gasteiger partial charge in [-0.2, -0.15) is 5.10 Å². The third kappa shape index (κ3) is 3.09. The van der Waals surface area contributed by atoms with Gasteiger partial charge in [-0.1, -0.05) is 6.92 Å². The summed E-state index contributed by atoms with van der Waals surface area (Å²) < 4.78 is 2.88. The van der Waals surface area contributed by atoms with E-state index in [-0.39, 0.29) is 5.78 Å². The molecule has 2 rings (SSSR count). The number of rotatable bonds is 5. The molecule has 96 valence electrons. The molecule has 0 radical (unpaired) electrons. The molecule has 0 amide bonds. The van der Waals surface area contributed by atoms with Gasteiger partial charge in [0.05, 0.1) is 17.0 Å². The van der Waals surface area contributed by atoms with Crippen LogP contribution >= 0.6 is 27.3 Å². The van der Waals surface area contributed by atoms with Crippen LogP contribution in [0.4, 0.5) is 0 Å². The van der Waals surface area contributed by atoms with E-state index in [4.69, 9.17) is 0 Å². The molecular weight excluding hydrogens is 312 g/mol. The average molecular weight is 327 g/mol. The second kappa shape index (κ2) is 5.80. The zero-order valence-electron chi connectivity index (χ0n) is 10.4. The van der Waals surface area contributed by atoms with Crippen LogP contribution in [0.25, 0.3) is 0 Å². The summed E-state index contributed by atoms with van der Waals surface area (Å²) in [6, 6.07) is 4.16. The molecule has 1 unspecified atom stereocenters. The fourth-order valence-corrected chi connectivity index (χ4v) is 2.98. The van der Waals surface area contributed by atoms with E-state index in [0.29, 0.717) is 12.5 Å². The molecule has 0 bridgehead atoms. The summed E-state index contributed by atoms with van der Waals surface area (Å²) in [5.41, 5.74) is 0.838. The quantitative estimate of drug-likeness (QED) is 0.775. The summed E-state index contributed by atoms with van der Waals surface area (Å²) in [6.45, 7) is 4.25. The average Bonchev–Trinajstić information content (AvgIpc) is 2.97. The van der Waals surface area contributed by atoms with Crippen molar-refractivity contribution < 1.29 is 4.79 Å². The third-order valence-electron chi connectivity index (χ3n) is 2.89. The Morgan fingerprint density at radius 1 is 1.61 bits per heavy atom. The predicted molar refractivity (Wildman–Crippen MR) is 77.3 cm³/mol. The van der Waals surface area contributed by atoms with Crippen molar-refractivity contribution in [1.29, 1.82) is 0 Å². The highest BCUT2D eigenvalue weighted by Gasteiger charge is 2.12. The second-order valence-corrected chi connectivity index (χ2v) is 6.10. The molecule has 2 aromatic heterocycles. The van der Waals surface area contributed by atoms with Crippen LogP contribution in [0.3, 0.4) is 0 Å². The number of thiophene rings is 1. The first-order valence-corrected chi connectivity index (χ1v) is 7.58. The van der Waals surface area contributed by atoms with E-state index in [2.05, 4.69) is 34.9 Å². The van der Waals surface area contributed by atoms with Gasteiger partial charge in [0.15, 0.2) is 5.78 Å². The first-order chi connectivity index (χ1) is 8.60. The minimum atomic E-state index is 0.125. The number of hydrogen-bond acceptors (Lipinski definition) is 3. The predicted octanol–water partition coefficient (Wildman–Crippen LogP) is 4.10. The van der Waals surface area contributed by atoms with Crippen LogP contribution < -0.4 is 0 Å². The van der Waals surface area contributed by atoms with Gasteiger partial charge >= 0.3 is 0 Å². The van der Waals surface area contributed by atoms with Gasteiger partial charge < -0.3 is 0 Å². The number of hydrogen-bond donors (Lipinski definition) is 0. The van der Waals surface area contributed by atoms with E-state index in [9.17, 15) is 4.79 Å². The van der Waals surface area contributed by atoms with E-state index in [1.54, 1.807) is 0 Å². The SMILES string of the molecule is CCC(C)n1ccc(CC(=O)c2cc(Br)cs2)n1. The smallest absolute Gasteiger partial charge is 0.178 e. The molecule has 0 saturated heterocycles. The van der Waals surface area contributed by atoms with E-state index in [0.717, 1.165) is 21.5 Å². The minimum absolute atomic E-state index is 0.125. The van der Waals surface area contributed by atoms with Crippen molar-refractivity contribution in [2.24, 2.45) is 0 Å². The molecule has 0 spiro atoms. The monoisotopic (exact) mass is 326 g/mol. The molecular formula is C13H15BrN2OS. The van der Waals surface area contributed by atoms with Crippen molar-refractivity contribution in [2.45, 2.75) is 32.7 Å². The van der Waals surface area contributed by atoms with Gasteiger partial charge in [-0.25, -0.2) is 0 Å². The zero-order valence-corrected chi connectivity index (χ0v) is 12.8. The number of carbonyl (C=O) groups excluding carboxylic acids is 1. The number of carbonyl (C=O) groups is 1. The Morgan fingerprint density at radius 3 is 3.00 bits per heavy atom. The van der Waals surface area contributed by atoms with Crippen molar-refractivity contribution in [2.75, 3.05) is 0 Å². The molecule has 18 heavy (non-hydrogen) atoms. The number of ketones is 1. The Hall–Kier alpha value is -0.940. The van der Waals surface area contributed by atoms with Crippen LogP contribution in [-0.2, 0) is 6.42 Å². The lowest BCUT2D eigenvalue weighted by atomic mass is 10.2. The Morgan fingerprint density at radius 2 is 2.39 bits per heavy atom. The maximum absolute atomic E-state index is 12.0. The Balaban J connectivity index is 2.05. The molecule has 0 N–H and O–H groups in total. The third-order valence-corrected chi connectivity index (χ3v) is 4.62. The molecule has 0 fully saturated rings. The molecule has 2 aromatic rings. The summed E-state index contributed by atoms with van der Waals surface area (Å²) in [5.74, 6) is 0.125. The van der Waals surface area contributed by atoms with Crippen molar-refractivity contribution in [1.82, 2.24) is 9.78 Å². The van der Waals surface area contributed by atoms with Crippen LogP contribution in [-0.4, -0.2) is 15.6 Å². The topological polar surface area (TPSA) is 34.9 Å². The Kier molecular flexibility index (Phi) is 4.35. The number of halogens is 1. The molecule has 1 atom stereocenters. The van der Waals surface area contributed by atoms with Crippen molar-refractivity contribution in [3.8, 4) is 0 Å². The van der Waals surface area contributed by atoms with Crippen molar-refractivity contribution in [3.05, 3.63) is 38.8 Å². The second-order valence-electron chi connectivity index (χ2n) is 4.27. The molecule has 0 aliphatic carbocycles. The Bertz CT molecular complexity index is 547. The molecule has 3 nitrogen and oxygen atoms in total. The summed E-state index contributed by atoms with van der Waals surface area (Å²) in [5, 5.41) is 6.36. The fraction of sp³-hybridized carbons (Fsp3) is 0.385. The zero-order chi connectivity index (χ0) is 13.1. The maximum atomic E-state index is 12.0. The lowest BCUT2D eigenvalue weighted by Gasteiger charge is -2.07. The molecule has 2 heterocycles. The van der Waals surface area contributed by atoms with Gasteiger partial charge in [0, 0.05) is 22.1 Å². The van der Waals surface area contributed by atoms with Crippen molar-refractivity contribution >= 4 is 33.0 Å². The van der Waals surface area contributed by atoms with Gasteiger partial charge in [0.2, 0.25) is 0 Å². The van der Waals surface area contributed by atoms with E-state index in [1.807, 2.05) is 28.4 Å². The van der Waals surface area contributed by atoms with Gasteiger partial charge in [0.25, 0.3) is 0 Å². The maximum Gasteiger partial charge on any atom is 0.178 e. The molecule has 0 aliphatic rings. The number of aromatic nitrogens is 2. The highest BCUT2D eigenvalue weighted by molar-refractivity contribution is 9.10. The first-order valence-electron chi connectivity index (χ1n) is 5.91. The van der Waals surface area contributed by atoms with Crippen LogP contribution in [0.2, 0.25) is 0 Å². The summed E-state index contributed by atoms with van der Waals surface area (Å²) in [7, 11) is 0. The van der Waals surface area contributed by atoms with E-state index in [1.165, 1.54) is 11.3 Å². The molecule has 5 heteroatoms. The minimum Gasteiger partial charge on any atom is -0.293 e. The Labute approximate surface area is 119 Å².